The fraction of sp³-hybridized carbons (Fsp3) is 0.250. The largest absolute Gasteiger partial charge is 0.394 e. The van der Waals surface area contributed by atoms with Gasteiger partial charge in [-0.05, 0) is 46.9 Å². The Morgan fingerprint density at radius 2 is 2.08 bits per heavy atom. The van der Waals surface area contributed by atoms with Crippen LogP contribution in [-0.2, 0) is 11.9 Å². The quantitative estimate of drug-likeness (QED) is 0.247. The number of Topliss-reactive ketones (excluding diaryl/α,β-unsaturated/α-hetero) is 1. The SMILES string of the molecule is CC(=O)c1cc(C(=O)NOCCO)c(Nc2ccc(I)cc2Cl)n1C. The molecule has 0 aliphatic carbocycles. The van der Waals surface area contributed by atoms with Gasteiger partial charge in [-0.2, -0.15) is 0 Å². The van der Waals surface area contributed by atoms with Crippen molar-refractivity contribution in [3.63, 3.8) is 0 Å². The molecule has 0 atom stereocenters. The Hall–Kier alpha value is -1.62. The first-order chi connectivity index (χ1) is 11.8. The number of nitrogens with one attached hydrogen (secondary N) is 2. The molecule has 1 aromatic carbocycles. The number of anilines is 2. The molecule has 2 aromatic rings. The molecule has 1 aromatic heterocycles. The average molecular weight is 478 g/mol. The van der Waals surface area contributed by atoms with Crippen LogP contribution in [0.1, 0.15) is 27.8 Å². The van der Waals surface area contributed by atoms with Crippen LogP contribution >= 0.6 is 34.2 Å². The van der Waals surface area contributed by atoms with Gasteiger partial charge in [-0.15, -0.1) is 0 Å². The number of aliphatic hydroxyl groups excluding tert-OH is 1. The molecule has 0 aliphatic heterocycles. The molecule has 0 bridgehead atoms. The van der Waals surface area contributed by atoms with Gasteiger partial charge in [0.1, 0.15) is 5.82 Å². The number of rotatable bonds is 7. The predicted octanol–water partition coefficient (Wildman–Crippen LogP) is 2.88. The van der Waals surface area contributed by atoms with Gasteiger partial charge in [-0.25, -0.2) is 5.48 Å². The van der Waals surface area contributed by atoms with Crippen molar-refractivity contribution >= 4 is 57.4 Å². The molecule has 0 radical (unpaired) electrons. The van der Waals surface area contributed by atoms with E-state index in [1.807, 2.05) is 6.07 Å². The standard InChI is InChI=1S/C16H17ClIN3O4/c1-9(23)14-8-11(16(24)20-25-6-5-22)15(21(14)2)19-13-4-3-10(18)7-12(13)17/h3-4,7-8,19,22H,5-6H2,1-2H3,(H,20,24). The molecular weight excluding hydrogens is 461 g/mol. The molecule has 9 heteroatoms. The van der Waals surface area contributed by atoms with Crippen LogP contribution in [0.15, 0.2) is 24.3 Å². The highest BCUT2D eigenvalue weighted by Gasteiger charge is 2.21. The van der Waals surface area contributed by atoms with Gasteiger partial charge in [0.2, 0.25) is 0 Å². The smallest absolute Gasteiger partial charge is 0.278 e. The van der Waals surface area contributed by atoms with Crippen LogP contribution in [0.3, 0.4) is 0 Å². The minimum atomic E-state index is -0.541. The fourth-order valence-electron chi connectivity index (χ4n) is 2.20. The van der Waals surface area contributed by atoms with E-state index in [2.05, 4.69) is 33.4 Å². The van der Waals surface area contributed by atoms with Crippen LogP contribution in [0.4, 0.5) is 11.5 Å². The number of benzene rings is 1. The first-order valence-corrected chi connectivity index (χ1v) is 8.76. The second kappa shape index (κ2) is 8.65. The molecule has 3 N–H and O–H groups in total. The predicted molar refractivity (Wildman–Crippen MR) is 103 cm³/mol. The number of hydrogen-bond acceptors (Lipinski definition) is 5. The number of nitrogens with zero attached hydrogens (tertiary/aromatic N) is 1. The van der Waals surface area contributed by atoms with Gasteiger partial charge in [-0.1, -0.05) is 11.6 Å². The molecule has 0 aliphatic rings. The van der Waals surface area contributed by atoms with E-state index in [1.165, 1.54) is 13.0 Å². The highest BCUT2D eigenvalue weighted by molar-refractivity contribution is 14.1. The molecule has 0 spiro atoms. The Morgan fingerprint density at radius 1 is 1.36 bits per heavy atom. The minimum absolute atomic E-state index is 0.0378. The summed E-state index contributed by atoms with van der Waals surface area (Å²) in [4.78, 5) is 29.0. The molecule has 7 nitrogen and oxygen atoms in total. The monoisotopic (exact) mass is 477 g/mol. The summed E-state index contributed by atoms with van der Waals surface area (Å²) >= 11 is 8.38. The summed E-state index contributed by atoms with van der Waals surface area (Å²) in [5, 5.41) is 12.3. The zero-order chi connectivity index (χ0) is 18.6. The molecule has 25 heavy (non-hydrogen) atoms. The van der Waals surface area contributed by atoms with E-state index in [1.54, 1.807) is 23.7 Å². The molecule has 0 unspecified atom stereocenters. The number of carbonyl (C=O) groups excluding carboxylic acids is 2. The zero-order valence-electron chi connectivity index (χ0n) is 13.6. The van der Waals surface area contributed by atoms with Crippen LogP contribution in [-0.4, -0.2) is 34.6 Å². The van der Waals surface area contributed by atoms with Crippen molar-refractivity contribution in [2.75, 3.05) is 18.5 Å². The van der Waals surface area contributed by atoms with Gasteiger partial charge in [0.25, 0.3) is 5.91 Å². The molecule has 0 saturated carbocycles. The summed E-state index contributed by atoms with van der Waals surface area (Å²) in [6.07, 6.45) is 0. The summed E-state index contributed by atoms with van der Waals surface area (Å²) in [5.74, 6) is -0.325. The maximum Gasteiger partial charge on any atom is 0.278 e. The summed E-state index contributed by atoms with van der Waals surface area (Å²) in [6.45, 7) is 1.15. The highest BCUT2D eigenvalue weighted by atomic mass is 127. The van der Waals surface area contributed by atoms with Crippen LogP contribution in [0.5, 0.6) is 0 Å². The summed E-state index contributed by atoms with van der Waals surface area (Å²) in [6, 6.07) is 6.91. The second-order valence-electron chi connectivity index (χ2n) is 5.16. The molecule has 1 amide bonds. The molecule has 134 valence electrons. The normalized spacial score (nSPS) is 10.6. The van der Waals surface area contributed by atoms with Crippen molar-refractivity contribution in [1.29, 1.82) is 0 Å². The third-order valence-electron chi connectivity index (χ3n) is 3.38. The van der Waals surface area contributed by atoms with Crippen LogP contribution in [0, 0.1) is 3.57 Å². The zero-order valence-corrected chi connectivity index (χ0v) is 16.5. The molecule has 1 heterocycles. The molecule has 0 fully saturated rings. The third kappa shape index (κ3) is 4.72. The van der Waals surface area contributed by atoms with Gasteiger partial charge in [0, 0.05) is 17.5 Å². The fourth-order valence-corrected chi connectivity index (χ4v) is 3.10. The van der Waals surface area contributed by atoms with E-state index in [-0.39, 0.29) is 24.6 Å². The van der Waals surface area contributed by atoms with Crippen molar-refractivity contribution in [2.24, 2.45) is 7.05 Å². The lowest BCUT2D eigenvalue weighted by Gasteiger charge is -2.13. The van der Waals surface area contributed by atoms with E-state index in [9.17, 15) is 9.59 Å². The minimum Gasteiger partial charge on any atom is -0.394 e. The van der Waals surface area contributed by atoms with Crippen molar-refractivity contribution < 1.29 is 19.5 Å². The number of aliphatic hydroxyl groups is 1. The average Bonchev–Trinajstić information content (AvgIpc) is 2.87. The Kier molecular flexibility index (Phi) is 6.82. The molecular formula is C16H17ClIN3O4. The lowest BCUT2D eigenvalue weighted by molar-refractivity contribution is 0.0169. The Bertz CT molecular complexity index is 807. The number of halogens is 2. The van der Waals surface area contributed by atoms with Crippen molar-refractivity contribution in [1.82, 2.24) is 10.0 Å². The Balaban J connectivity index is 2.40. The van der Waals surface area contributed by atoms with Crippen LogP contribution < -0.4 is 10.8 Å². The maximum absolute atomic E-state index is 12.3. The number of amides is 1. The van der Waals surface area contributed by atoms with E-state index in [0.717, 1.165) is 3.57 Å². The summed E-state index contributed by atoms with van der Waals surface area (Å²) in [5.41, 5.74) is 3.41. The topological polar surface area (TPSA) is 92.6 Å². The van der Waals surface area contributed by atoms with Gasteiger partial charge >= 0.3 is 0 Å². The first-order valence-electron chi connectivity index (χ1n) is 7.31. The lowest BCUT2D eigenvalue weighted by Crippen LogP contribution is -2.25. The van der Waals surface area contributed by atoms with E-state index < -0.39 is 5.91 Å². The second-order valence-corrected chi connectivity index (χ2v) is 6.81. The third-order valence-corrected chi connectivity index (χ3v) is 4.36. The van der Waals surface area contributed by atoms with Gasteiger partial charge in [-0.3, -0.25) is 14.4 Å². The summed E-state index contributed by atoms with van der Waals surface area (Å²) in [7, 11) is 1.67. The maximum atomic E-state index is 12.3. The summed E-state index contributed by atoms with van der Waals surface area (Å²) < 4.78 is 2.55. The number of hydroxylamine groups is 1. The van der Waals surface area contributed by atoms with Crippen LogP contribution in [0.25, 0.3) is 0 Å². The number of hydrogen-bond donors (Lipinski definition) is 3. The molecule has 2 rings (SSSR count). The van der Waals surface area contributed by atoms with Crippen molar-refractivity contribution in [2.45, 2.75) is 6.92 Å². The van der Waals surface area contributed by atoms with E-state index in [0.29, 0.717) is 22.2 Å². The van der Waals surface area contributed by atoms with E-state index in [4.69, 9.17) is 21.5 Å². The van der Waals surface area contributed by atoms with Gasteiger partial charge in [0.05, 0.1) is 35.2 Å². The lowest BCUT2D eigenvalue weighted by atomic mass is 10.2. The van der Waals surface area contributed by atoms with Crippen molar-refractivity contribution in [3.05, 3.63) is 44.1 Å². The van der Waals surface area contributed by atoms with Crippen LogP contribution in [0.2, 0.25) is 5.02 Å². The number of ketones is 1. The molecule has 0 saturated heterocycles. The van der Waals surface area contributed by atoms with Crippen molar-refractivity contribution in [3.8, 4) is 0 Å². The van der Waals surface area contributed by atoms with Gasteiger partial charge < -0.3 is 15.0 Å². The number of aromatic nitrogens is 1. The highest BCUT2D eigenvalue weighted by Crippen LogP contribution is 2.30. The Labute approximate surface area is 163 Å². The first kappa shape index (κ1) is 19.7. The Morgan fingerprint density at radius 3 is 2.68 bits per heavy atom. The number of carbonyl (C=O) groups is 2. The van der Waals surface area contributed by atoms with E-state index >= 15 is 0 Å². The van der Waals surface area contributed by atoms with Gasteiger partial charge in [0.15, 0.2) is 5.78 Å².